The number of hydrogen-bond donors (Lipinski definition) is 0. The largest absolute Gasteiger partial charge is 0.455 e. The van der Waals surface area contributed by atoms with Gasteiger partial charge in [0.2, 0.25) is 0 Å². The van der Waals surface area contributed by atoms with E-state index in [9.17, 15) is 0 Å². The normalized spacial score (nSPS) is 21.2. The van der Waals surface area contributed by atoms with Crippen molar-refractivity contribution in [2.45, 2.75) is 102 Å². The highest BCUT2D eigenvalue weighted by Gasteiger charge is 2.34. The summed E-state index contributed by atoms with van der Waals surface area (Å²) >= 11 is 0. The van der Waals surface area contributed by atoms with E-state index in [4.69, 9.17) is 4.12 Å². The van der Waals surface area contributed by atoms with Crippen LogP contribution in [0.15, 0.2) is 23.3 Å². The highest BCUT2D eigenvalue weighted by atomic mass is 28.4. The summed E-state index contributed by atoms with van der Waals surface area (Å²) in [6.45, 7) is 9.81. The Bertz CT molecular complexity index is 395. The van der Waals surface area contributed by atoms with Crippen molar-refractivity contribution in [1.82, 2.24) is 0 Å². The minimum Gasteiger partial charge on any atom is -0.455 e. The van der Waals surface area contributed by atoms with Crippen molar-refractivity contribution >= 4 is 16.6 Å². The monoisotopic (exact) mass is 350 g/mol. The average Bonchev–Trinajstić information content (AvgIpc) is 2.81. The molecule has 0 N–H and O–H groups in total. The molecule has 3 heteroatoms. The first-order valence-electron chi connectivity index (χ1n) is 9.92. The molecular formula is C20H38OSi2. The SMILES string of the molecule is C[Si](C)(CC1=CCCCCC1)O[Si](C)(C)CC1=CCCCCC1. The molecule has 0 aromatic heterocycles. The van der Waals surface area contributed by atoms with Crippen LogP contribution in [0.3, 0.4) is 0 Å². The molecule has 0 radical (unpaired) electrons. The van der Waals surface area contributed by atoms with Crippen LogP contribution in [0, 0.1) is 0 Å². The van der Waals surface area contributed by atoms with Crippen LogP contribution >= 0.6 is 0 Å². The molecule has 0 fully saturated rings. The van der Waals surface area contributed by atoms with Crippen LogP contribution in [0.5, 0.6) is 0 Å². The second-order valence-electron chi connectivity index (χ2n) is 8.90. The highest BCUT2D eigenvalue weighted by Crippen LogP contribution is 2.32. The molecule has 132 valence electrons. The van der Waals surface area contributed by atoms with Gasteiger partial charge in [-0.05, 0) is 89.6 Å². The summed E-state index contributed by atoms with van der Waals surface area (Å²) in [6.07, 6.45) is 18.7. The molecule has 0 amide bonds. The second-order valence-corrected chi connectivity index (χ2v) is 17.5. The minimum atomic E-state index is -1.58. The van der Waals surface area contributed by atoms with Crippen LogP contribution in [0.4, 0.5) is 0 Å². The van der Waals surface area contributed by atoms with E-state index in [1.54, 1.807) is 11.1 Å². The van der Waals surface area contributed by atoms with Crippen molar-refractivity contribution in [1.29, 1.82) is 0 Å². The van der Waals surface area contributed by atoms with Crippen LogP contribution in [0.25, 0.3) is 0 Å². The Morgan fingerprint density at radius 2 is 1.13 bits per heavy atom. The van der Waals surface area contributed by atoms with Crippen molar-refractivity contribution < 1.29 is 4.12 Å². The first-order valence-corrected chi connectivity index (χ1v) is 16.2. The van der Waals surface area contributed by atoms with Gasteiger partial charge in [0.05, 0.1) is 0 Å². The zero-order valence-electron chi connectivity index (χ0n) is 16.0. The van der Waals surface area contributed by atoms with Crippen molar-refractivity contribution in [3.05, 3.63) is 23.3 Å². The average molecular weight is 351 g/mol. The third-order valence-electron chi connectivity index (χ3n) is 5.13. The Hall–Kier alpha value is -0.126. The number of rotatable bonds is 6. The molecule has 1 nitrogen and oxygen atoms in total. The smallest absolute Gasteiger partial charge is 0.177 e. The van der Waals surface area contributed by atoms with Gasteiger partial charge in [-0.15, -0.1) is 0 Å². The standard InChI is InChI=1S/C20H38OSi2/c1-22(2,17-19-13-9-5-6-10-14-19)21-23(3,4)18-20-15-11-7-8-12-16-20/h13,15H,5-12,14,16-18H2,1-4H3. The van der Waals surface area contributed by atoms with Crippen LogP contribution < -0.4 is 0 Å². The lowest BCUT2D eigenvalue weighted by atomic mass is 10.1. The fraction of sp³-hybridized carbons (Fsp3) is 0.800. The van der Waals surface area contributed by atoms with E-state index in [0.29, 0.717) is 0 Å². The molecule has 2 aliphatic rings. The van der Waals surface area contributed by atoms with Crippen molar-refractivity contribution in [2.75, 3.05) is 0 Å². The van der Waals surface area contributed by atoms with Crippen LogP contribution in [-0.2, 0) is 4.12 Å². The first kappa shape index (κ1) is 19.2. The number of allylic oxidation sites excluding steroid dienone is 4. The van der Waals surface area contributed by atoms with Crippen LogP contribution in [0.2, 0.25) is 38.3 Å². The van der Waals surface area contributed by atoms with Crippen LogP contribution in [-0.4, -0.2) is 16.6 Å². The Labute approximate surface area is 146 Å². The molecule has 0 bridgehead atoms. The molecule has 0 aromatic carbocycles. The van der Waals surface area contributed by atoms with Gasteiger partial charge in [0, 0.05) is 0 Å². The third kappa shape index (κ3) is 7.53. The summed E-state index contributed by atoms with van der Waals surface area (Å²) in [4.78, 5) is 0. The molecule has 0 saturated heterocycles. The lowest BCUT2D eigenvalue weighted by Gasteiger charge is -2.35. The molecule has 0 aromatic rings. The zero-order valence-corrected chi connectivity index (χ0v) is 18.0. The summed E-state index contributed by atoms with van der Waals surface area (Å²) < 4.78 is 6.91. The quantitative estimate of drug-likeness (QED) is 0.363. The second kappa shape index (κ2) is 8.82. The summed E-state index contributed by atoms with van der Waals surface area (Å²) in [5.74, 6) is 0. The van der Waals surface area contributed by atoms with Gasteiger partial charge < -0.3 is 4.12 Å². The minimum absolute atomic E-state index is 1.27. The van der Waals surface area contributed by atoms with E-state index in [2.05, 4.69) is 38.3 Å². The molecule has 0 atom stereocenters. The van der Waals surface area contributed by atoms with Gasteiger partial charge in [-0.2, -0.15) is 0 Å². The maximum Gasteiger partial charge on any atom is 0.177 e. The van der Waals surface area contributed by atoms with Gasteiger partial charge in [0.1, 0.15) is 0 Å². The van der Waals surface area contributed by atoms with E-state index < -0.39 is 16.6 Å². The molecule has 2 aliphatic carbocycles. The van der Waals surface area contributed by atoms with Crippen molar-refractivity contribution in [3.63, 3.8) is 0 Å². The Morgan fingerprint density at radius 1 is 0.696 bits per heavy atom. The lowest BCUT2D eigenvalue weighted by Crippen LogP contribution is -2.44. The topological polar surface area (TPSA) is 9.23 Å². The predicted octanol–water partition coefficient (Wildman–Crippen LogP) is 7.19. The summed E-state index contributed by atoms with van der Waals surface area (Å²) in [6, 6.07) is 2.53. The Balaban J connectivity index is 1.91. The highest BCUT2D eigenvalue weighted by molar-refractivity contribution is 6.85. The Morgan fingerprint density at radius 3 is 1.57 bits per heavy atom. The van der Waals surface area contributed by atoms with Gasteiger partial charge in [0.15, 0.2) is 16.6 Å². The zero-order chi connectivity index (χ0) is 16.8. The fourth-order valence-corrected chi connectivity index (χ4v) is 13.8. The summed E-state index contributed by atoms with van der Waals surface area (Å²) in [7, 11) is -3.16. The molecular weight excluding hydrogens is 312 g/mol. The van der Waals surface area contributed by atoms with Crippen LogP contribution in [0.1, 0.15) is 64.2 Å². The van der Waals surface area contributed by atoms with Gasteiger partial charge in [0.25, 0.3) is 0 Å². The molecule has 0 unspecified atom stereocenters. The van der Waals surface area contributed by atoms with Gasteiger partial charge in [-0.3, -0.25) is 0 Å². The summed E-state index contributed by atoms with van der Waals surface area (Å²) in [5.41, 5.74) is 3.41. The van der Waals surface area contributed by atoms with E-state index in [-0.39, 0.29) is 0 Å². The molecule has 2 rings (SSSR count). The molecule has 0 spiro atoms. The third-order valence-corrected chi connectivity index (χ3v) is 12.2. The fourth-order valence-electron chi connectivity index (χ4n) is 4.40. The van der Waals surface area contributed by atoms with Crippen molar-refractivity contribution in [3.8, 4) is 0 Å². The maximum absolute atomic E-state index is 6.91. The lowest BCUT2D eigenvalue weighted by molar-refractivity contribution is 0.542. The van der Waals surface area contributed by atoms with Crippen molar-refractivity contribution in [2.24, 2.45) is 0 Å². The van der Waals surface area contributed by atoms with E-state index in [0.717, 1.165) is 0 Å². The predicted molar refractivity (Wildman–Crippen MR) is 108 cm³/mol. The number of hydrogen-bond acceptors (Lipinski definition) is 1. The van der Waals surface area contributed by atoms with Gasteiger partial charge in [-0.1, -0.05) is 36.1 Å². The molecule has 0 saturated carbocycles. The first-order chi connectivity index (χ1) is 10.9. The van der Waals surface area contributed by atoms with E-state index in [1.165, 1.54) is 76.3 Å². The Kier molecular flexibility index (Phi) is 7.36. The van der Waals surface area contributed by atoms with E-state index in [1.807, 2.05) is 0 Å². The van der Waals surface area contributed by atoms with Gasteiger partial charge >= 0.3 is 0 Å². The maximum atomic E-state index is 6.91. The van der Waals surface area contributed by atoms with Gasteiger partial charge in [-0.25, -0.2) is 0 Å². The summed E-state index contributed by atoms with van der Waals surface area (Å²) in [5, 5.41) is 0. The van der Waals surface area contributed by atoms with E-state index >= 15 is 0 Å². The molecule has 0 heterocycles. The molecule has 23 heavy (non-hydrogen) atoms. The molecule has 0 aliphatic heterocycles.